The van der Waals surface area contributed by atoms with E-state index in [0.717, 1.165) is 0 Å². The van der Waals surface area contributed by atoms with Crippen LogP contribution in [-0.2, 0) is 9.59 Å². The standard InChI is InChI=1S/C12H11N5O4/c1-7-10(14-16-11(7)18)12(19)15-13-6-8-3-2-4-9(5-8)17(20)21/h2-7H,1H3,(H,15,19)(H,16,18). The van der Waals surface area contributed by atoms with Gasteiger partial charge in [-0.3, -0.25) is 19.7 Å². The summed E-state index contributed by atoms with van der Waals surface area (Å²) in [5, 5.41) is 17.9. The second-order valence-corrected chi connectivity index (χ2v) is 4.25. The molecule has 1 unspecified atom stereocenters. The lowest BCUT2D eigenvalue weighted by atomic mass is 10.1. The second kappa shape index (κ2) is 5.90. The van der Waals surface area contributed by atoms with Gasteiger partial charge in [-0.05, 0) is 6.92 Å². The van der Waals surface area contributed by atoms with Crippen LogP contribution in [0.5, 0.6) is 0 Å². The van der Waals surface area contributed by atoms with Crippen LogP contribution in [0.15, 0.2) is 34.5 Å². The lowest BCUT2D eigenvalue weighted by Crippen LogP contribution is -2.32. The van der Waals surface area contributed by atoms with Crippen molar-refractivity contribution in [1.29, 1.82) is 0 Å². The fraction of sp³-hybridized carbons (Fsp3) is 0.167. The predicted molar refractivity (Wildman–Crippen MR) is 73.6 cm³/mol. The molecule has 2 rings (SSSR count). The van der Waals surface area contributed by atoms with Crippen molar-refractivity contribution in [2.45, 2.75) is 6.92 Å². The third kappa shape index (κ3) is 3.26. The van der Waals surface area contributed by atoms with Crippen molar-refractivity contribution >= 4 is 29.4 Å². The third-order valence-corrected chi connectivity index (χ3v) is 2.78. The molecule has 1 aliphatic heterocycles. The minimum Gasteiger partial charge on any atom is -0.272 e. The SMILES string of the molecule is CC1C(=O)NN=C1C(=O)NN=Cc1cccc([N+](=O)[O-])c1. The molecule has 0 fully saturated rings. The fourth-order valence-corrected chi connectivity index (χ4v) is 1.62. The molecule has 0 saturated carbocycles. The molecular formula is C12H11N5O4. The van der Waals surface area contributed by atoms with Crippen LogP contribution in [0.2, 0.25) is 0 Å². The fourth-order valence-electron chi connectivity index (χ4n) is 1.62. The third-order valence-electron chi connectivity index (χ3n) is 2.78. The van der Waals surface area contributed by atoms with E-state index in [2.05, 4.69) is 21.1 Å². The monoisotopic (exact) mass is 289 g/mol. The van der Waals surface area contributed by atoms with Gasteiger partial charge in [0.15, 0.2) is 0 Å². The Morgan fingerprint density at radius 2 is 2.33 bits per heavy atom. The molecule has 0 radical (unpaired) electrons. The molecule has 9 heteroatoms. The Labute approximate surface area is 118 Å². The van der Waals surface area contributed by atoms with Crippen molar-refractivity contribution in [2.24, 2.45) is 16.1 Å². The number of nitro groups is 1. The Balaban J connectivity index is 2.00. The molecule has 21 heavy (non-hydrogen) atoms. The molecule has 2 amide bonds. The van der Waals surface area contributed by atoms with E-state index in [0.29, 0.717) is 5.56 Å². The van der Waals surface area contributed by atoms with Crippen molar-refractivity contribution in [2.75, 3.05) is 0 Å². The number of nitrogens with one attached hydrogen (secondary N) is 2. The number of rotatable bonds is 4. The molecular weight excluding hydrogens is 278 g/mol. The van der Waals surface area contributed by atoms with Gasteiger partial charge in [0.1, 0.15) is 5.71 Å². The molecule has 0 saturated heterocycles. The van der Waals surface area contributed by atoms with Gasteiger partial charge in [0.2, 0.25) is 5.91 Å². The summed E-state index contributed by atoms with van der Waals surface area (Å²) in [7, 11) is 0. The van der Waals surface area contributed by atoms with E-state index in [-0.39, 0.29) is 17.3 Å². The number of nitrogens with zero attached hydrogens (tertiary/aromatic N) is 3. The number of carbonyl (C=O) groups excluding carboxylic acids is 2. The highest BCUT2D eigenvalue weighted by molar-refractivity contribution is 6.44. The molecule has 2 N–H and O–H groups in total. The molecule has 1 aliphatic rings. The number of hydrogen-bond donors (Lipinski definition) is 2. The zero-order valence-electron chi connectivity index (χ0n) is 10.9. The van der Waals surface area contributed by atoms with E-state index in [1.807, 2.05) is 0 Å². The first-order chi connectivity index (χ1) is 9.99. The largest absolute Gasteiger partial charge is 0.288 e. The van der Waals surface area contributed by atoms with E-state index in [1.165, 1.54) is 24.4 Å². The first-order valence-corrected chi connectivity index (χ1v) is 5.94. The Hall–Kier alpha value is -3.10. The van der Waals surface area contributed by atoms with Crippen LogP contribution in [0.4, 0.5) is 5.69 Å². The second-order valence-electron chi connectivity index (χ2n) is 4.25. The summed E-state index contributed by atoms with van der Waals surface area (Å²) in [6, 6.07) is 5.77. The zero-order chi connectivity index (χ0) is 15.4. The Bertz CT molecular complexity index is 667. The maximum atomic E-state index is 11.7. The lowest BCUT2D eigenvalue weighted by Gasteiger charge is -2.01. The first-order valence-electron chi connectivity index (χ1n) is 5.94. The average molecular weight is 289 g/mol. The van der Waals surface area contributed by atoms with Gasteiger partial charge in [0.25, 0.3) is 11.6 Å². The predicted octanol–water partition coefficient (Wildman–Crippen LogP) is 0.167. The van der Waals surface area contributed by atoms with Gasteiger partial charge in [-0.15, -0.1) is 0 Å². The summed E-state index contributed by atoms with van der Waals surface area (Å²) < 4.78 is 0. The van der Waals surface area contributed by atoms with E-state index in [4.69, 9.17) is 0 Å². The van der Waals surface area contributed by atoms with Gasteiger partial charge in [-0.2, -0.15) is 10.2 Å². The van der Waals surface area contributed by atoms with Gasteiger partial charge < -0.3 is 0 Å². The Morgan fingerprint density at radius 3 is 2.95 bits per heavy atom. The van der Waals surface area contributed by atoms with Crippen LogP contribution in [0.25, 0.3) is 0 Å². The van der Waals surface area contributed by atoms with E-state index in [1.54, 1.807) is 13.0 Å². The summed E-state index contributed by atoms with van der Waals surface area (Å²) in [4.78, 5) is 33.0. The minimum atomic E-state index is -0.641. The highest BCUT2D eigenvalue weighted by Crippen LogP contribution is 2.11. The van der Waals surface area contributed by atoms with Crippen LogP contribution in [0.1, 0.15) is 12.5 Å². The van der Waals surface area contributed by atoms with E-state index < -0.39 is 16.7 Å². The van der Waals surface area contributed by atoms with Crippen molar-refractivity contribution in [3.63, 3.8) is 0 Å². The zero-order valence-corrected chi connectivity index (χ0v) is 10.9. The number of nitro benzene ring substituents is 1. The number of non-ortho nitro benzene ring substituents is 1. The Kier molecular flexibility index (Phi) is 4.02. The van der Waals surface area contributed by atoms with Crippen LogP contribution in [0.3, 0.4) is 0 Å². The van der Waals surface area contributed by atoms with E-state index >= 15 is 0 Å². The molecule has 9 nitrogen and oxygen atoms in total. The van der Waals surface area contributed by atoms with Gasteiger partial charge in [-0.25, -0.2) is 10.9 Å². The van der Waals surface area contributed by atoms with Gasteiger partial charge in [0.05, 0.1) is 17.1 Å². The molecule has 0 bridgehead atoms. The highest BCUT2D eigenvalue weighted by Gasteiger charge is 2.30. The van der Waals surface area contributed by atoms with Crippen LogP contribution in [-0.4, -0.2) is 28.7 Å². The Morgan fingerprint density at radius 1 is 1.57 bits per heavy atom. The number of carbonyl (C=O) groups is 2. The topological polar surface area (TPSA) is 126 Å². The summed E-state index contributed by atoms with van der Waals surface area (Å²) >= 11 is 0. The van der Waals surface area contributed by atoms with Crippen LogP contribution in [0, 0.1) is 16.0 Å². The maximum Gasteiger partial charge on any atom is 0.288 e. The molecule has 1 atom stereocenters. The quantitative estimate of drug-likeness (QED) is 0.465. The average Bonchev–Trinajstić information content (AvgIpc) is 2.79. The summed E-state index contributed by atoms with van der Waals surface area (Å²) in [6.45, 7) is 1.55. The van der Waals surface area contributed by atoms with Gasteiger partial charge in [0, 0.05) is 17.7 Å². The number of hydrazone groups is 2. The minimum absolute atomic E-state index is 0.0381. The molecule has 1 aromatic rings. The number of benzene rings is 1. The normalized spacial score (nSPS) is 17.5. The highest BCUT2D eigenvalue weighted by atomic mass is 16.6. The molecule has 0 aromatic heterocycles. The van der Waals surface area contributed by atoms with Crippen LogP contribution < -0.4 is 10.9 Å². The summed E-state index contributed by atoms with van der Waals surface area (Å²) in [6.07, 6.45) is 1.26. The van der Waals surface area contributed by atoms with Crippen molar-refractivity contribution < 1.29 is 14.5 Å². The van der Waals surface area contributed by atoms with Gasteiger partial charge >= 0.3 is 0 Å². The molecule has 108 valence electrons. The van der Waals surface area contributed by atoms with Gasteiger partial charge in [-0.1, -0.05) is 12.1 Å². The molecule has 1 heterocycles. The molecule has 0 aliphatic carbocycles. The van der Waals surface area contributed by atoms with Crippen molar-refractivity contribution in [1.82, 2.24) is 10.9 Å². The van der Waals surface area contributed by atoms with Crippen molar-refractivity contribution in [3.8, 4) is 0 Å². The van der Waals surface area contributed by atoms with Crippen LogP contribution >= 0.6 is 0 Å². The van der Waals surface area contributed by atoms with Crippen molar-refractivity contribution in [3.05, 3.63) is 39.9 Å². The summed E-state index contributed by atoms with van der Waals surface area (Å²) in [5.74, 6) is -1.61. The number of hydrogen-bond acceptors (Lipinski definition) is 6. The molecule has 0 spiro atoms. The van der Waals surface area contributed by atoms with E-state index in [9.17, 15) is 19.7 Å². The lowest BCUT2D eigenvalue weighted by molar-refractivity contribution is -0.384. The maximum absolute atomic E-state index is 11.7. The molecule has 1 aromatic carbocycles. The first kappa shape index (κ1) is 14.3. The summed E-state index contributed by atoms with van der Waals surface area (Å²) in [5.41, 5.74) is 4.82. The number of amides is 2. The smallest absolute Gasteiger partial charge is 0.272 e.